The van der Waals surface area contributed by atoms with E-state index in [0.29, 0.717) is 23.3 Å². The summed E-state index contributed by atoms with van der Waals surface area (Å²) in [7, 11) is 1.68. The highest BCUT2D eigenvalue weighted by atomic mass is 35.5. The number of hydrogen-bond donors (Lipinski definition) is 1. The van der Waals surface area contributed by atoms with E-state index in [-0.39, 0.29) is 11.5 Å². The molecule has 0 amide bonds. The maximum absolute atomic E-state index is 6.52. The zero-order valence-electron chi connectivity index (χ0n) is 13.1. The molecule has 0 heterocycles. The smallest absolute Gasteiger partial charge is 0.0700 e. The number of halogens is 2. The standard InChI is InChI=1S/C17H25Cl2NO2/c1-21-10-11-22-9-2-4-16(20)17(7-3-8-17)13-5-6-14(18)15(19)12-13/h5-6,12,16H,2-4,7-11,20H2,1H3. The molecular weight excluding hydrogens is 321 g/mol. The van der Waals surface area contributed by atoms with Crippen LogP contribution in [-0.4, -0.2) is 33.0 Å². The van der Waals surface area contributed by atoms with Gasteiger partial charge >= 0.3 is 0 Å². The van der Waals surface area contributed by atoms with Gasteiger partial charge in [0.25, 0.3) is 0 Å². The Kier molecular flexibility index (Phi) is 6.97. The molecule has 1 aliphatic rings. The van der Waals surface area contributed by atoms with E-state index in [1.54, 1.807) is 7.11 Å². The van der Waals surface area contributed by atoms with Gasteiger partial charge in [-0.2, -0.15) is 0 Å². The summed E-state index contributed by atoms with van der Waals surface area (Å²) in [4.78, 5) is 0. The topological polar surface area (TPSA) is 44.5 Å². The summed E-state index contributed by atoms with van der Waals surface area (Å²) >= 11 is 12.2. The monoisotopic (exact) mass is 345 g/mol. The van der Waals surface area contributed by atoms with Gasteiger partial charge in [0.15, 0.2) is 0 Å². The van der Waals surface area contributed by atoms with Crippen molar-refractivity contribution in [3.05, 3.63) is 33.8 Å². The largest absolute Gasteiger partial charge is 0.382 e. The Bertz CT molecular complexity index is 478. The second kappa shape index (κ2) is 8.51. The second-order valence-electron chi connectivity index (χ2n) is 5.99. The molecular formula is C17H25Cl2NO2. The molecule has 0 aromatic heterocycles. The number of ether oxygens (including phenoxy) is 2. The maximum atomic E-state index is 6.52. The molecule has 2 rings (SSSR count). The van der Waals surface area contributed by atoms with Crippen molar-refractivity contribution < 1.29 is 9.47 Å². The number of nitrogens with two attached hydrogens (primary N) is 1. The third kappa shape index (κ3) is 4.15. The van der Waals surface area contributed by atoms with Crippen molar-refractivity contribution in [3.63, 3.8) is 0 Å². The van der Waals surface area contributed by atoms with Gasteiger partial charge in [0, 0.05) is 25.2 Å². The fourth-order valence-corrected chi connectivity index (χ4v) is 3.46. The minimum atomic E-state index is 0.0563. The van der Waals surface area contributed by atoms with Gasteiger partial charge in [-0.05, 0) is 43.4 Å². The van der Waals surface area contributed by atoms with Crippen molar-refractivity contribution in [3.8, 4) is 0 Å². The van der Waals surface area contributed by atoms with Crippen LogP contribution in [0.3, 0.4) is 0 Å². The van der Waals surface area contributed by atoms with Crippen LogP contribution in [0.25, 0.3) is 0 Å². The number of rotatable bonds is 9. The first-order chi connectivity index (χ1) is 10.6. The Balaban J connectivity index is 1.90. The summed E-state index contributed by atoms with van der Waals surface area (Å²) in [5, 5.41) is 1.21. The van der Waals surface area contributed by atoms with Crippen LogP contribution in [-0.2, 0) is 14.9 Å². The molecule has 0 radical (unpaired) electrons. The van der Waals surface area contributed by atoms with Gasteiger partial charge in [-0.15, -0.1) is 0 Å². The van der Waals surface area contributed by atoms with Crippen molar-refractivity contribution in [1.82, 2.24) is 0 Å². The third-order valence-corrected chi connectivity index (χ3v) is 5.42. The highest BCUT2D eigenvalue weighted by molar-refractivity contribution is 6.42. The van der Waals surface area contributed by atoms with E-state index < -0.39 is 0 Å². The zero-order valence-corrected chi connectivity index (χ0v) is 14.6. The molecule has 1 aromatic carbocycles. The number of benzene rings is 1. The van der Waals surface area contributed by atoms with Crippen LogP contribution in [0.2, 0.25) is 10.0 Å². The van der Waals surface area contributed by atoms with Crippen LogP contribution < -0.4 is 5.73 Å². The van der Waals surface area contributed by atoms with Crippen LogP contribution in [0.5, 0.6) is 0 Å². The number of methoxy groups -OCH3 is 1. The lowest BCUT2D eigenvalue weighted by molar-refractivity contribution is 0.0656. The lowest BCUT2D eigenvalue weighted by Gasteiger charge is -2.47. The molecule has 0 saturated heterocycles. The molecule has 5 heteroatoms. The minimum absolute atomic E-state index is 0.0563. The Morgan fingerprint density at radius 1 is 1.18 bits per heavy atom. The predicted molar refractivity (Wildman–Crippen MR) is 91.9 cm³/mol. The summed E-state index contributed by atoms with van der Waals surface area (Å²) < 4.78 is 10.5. The molecule has 1 aromatic rings. The van der Waals surface area contributed by atoms with Gasteiger partial charge < -0.3 is 15.2 Å². The van der Waals surface area contributed by atoms with Crippen molar-refractivity contribution in [2.75, 3.05) is 26.9 Å². The lowest BCUT2D eigenvalue weighted by atomic mass is 9.59. The predicted octanol–water partition coefficient (Wildman–Crippen LogP) is 4.19. The molecule has 0 bridgehead atoms. The fourth-order valence-electron chi connectivity index (χ4n) is 3.16. The normalized spacial score (nSPS) is 18.0. The van der Waals surface area contributed by atoms with Crippen molar-refractivity contribution in [2.45, 2.75) is 43.6 Å². The molecule has 0 spiro atoms. The Hall–Kier alpha value is -0.320. The van der Waals surface area contributed by atoms with E-state index in [0.717, 1.165) is 32.3 Å². The van der Waals surface area contributed by atoms with E-state index in [1.165, 1.54) is 12.0 Å². The summed E-state index contributed by atoms with van der Waals surface area (Å²) in [6.45, 7) is 2.01. The first kappa shape index (κ1) is 18.0. The Morgan fingerprint density at radius 3 is 2.55 bits per heavy atom. The first-order valence-electron chi connectivity index (χ1n) is 7.88. The molecule has 3 nitrogen and oxygen atoms in total. The van der Waals surface area contributed by atoms with E-state index in [4.69, 9.17) is 38.4 Å². The highest BCUT2D eigenvalue weighted by Crippen LogP contribution is 2.47. The summed E-state index contributed by atoms with van der Waals surface area (Å²) in [5.41, 5.74) is 7.80. The van der Waals surface area contributed by atoms with Gasteiger partial charge in [0.05, 0.1) is 23.3 Å². The molecule has 1 aliphatic carbocycles. The molecule has 1 fully saturated rings. The average molecular weight is 346 g/mol. The summed E-state index contributed by atoms with van der Waals surface area (Å²) in [5.74, 6) is 0. The van der Waals surface area contributed by atoms with Gasteiger partial charge in [0.2, 0.25) is 0 Å². The van der Waals surface area contributed by atoms with Gasteiger partial charge in [-0.3, -0.25) is 0 Å². The van der Waals surface area contributed by atoms with Gasteiger partial charge in [0.1, 0.15) is 0 Å². The Labute approximate surface area is 143 Å². The zero-order chi connectivity index (χ0) is 16.0. The molecule has 124 valence electrons. The summed E-state index contributed by atoms with van der Waals surface area (Å²) in [6, 6.07) is 6.06. The van der Waals surface area contributed by atoms with Crippen molar-refractivity contribution in [2.24, 2.45) is 5.73 Å². The molecule has 1 unspecified atom stereocenters. The molecule has 1 saturated carbocycles. The van der Waals surface area contributed by atoms with Crippen LogP contribution in [0, 0.1) is 0 Å². The quantitative estimate of drug-likeness (QED) is 0.682. The lowest BCUT2D eigenvalue weighted by Crippen LogP contribution is -2.50. The second-order valence-corrected chi connectivity index (χ2v) is 6.81. The van der Waals surface area contributed by atoms with E-state index >= 15 is 0 Å². The molecule has 22 heavy (non-hydrogen) atoms. The van der Waals surface area contributed by atoms with Crippen LogP contribution in [0.1, 0.15) is 37.7 Å². The molecule has 1 atom stereocenters. The van der Waals surface area contributed by atoms with E-state index in [1.807, 2.05) is 12.1 Å². The Morgan fingerprint density at radius 2 is 1.95 bits per heavy atom. The molecule has 0 aliphatic heterocycles. The van der Waals surface area contributed by atoms with Gasteiger partial charge in [-0.25, -0.2) is 0 Å². The highest BCUT2D eigenvalue weighted by Gasteiger charge is 2.43. The van der Waals surface area contributed by atoms with Crippen LogP contribution in [0.4, 0.5) is 0 Å². The van der Waals surface area contributed by atoms with E-state index in [2.05, 4.69) is 6.07 Å². The van der Waals surface area contributed by atoms with Crippen molar-refractivity contribution in [1.29, 1.82) is 0 Å². The minimum Gasteiger partial charge on any atom is -0.382 e. The van der Waals surface area contributed by atoms with Crippen molar-refractivity contribution >= 4 is 23.2 Å². The first-order valence-corrected chi connectivity index (χ1v) is 8.63. The molecule has 2 N–H and O–H groups in total. The third-order valence-electron chi connectivity index (χ3n) is 4.69. The fraction of sp³-hybridized carbons (Fsp3) is 0.647. The number of hydrogen-bond acceptors (Lipinski definition) is 3. The van der Waals surface area contributed by atoms with Crippen LogP contribution in [0.15, 0.2) is 18.2 Å². The van der Waals surface area contributed by atoms with Crippen LogP contribution >= 0.6 is 23.2 Å². The average Bonchev–Trinajstić information content (AvgIpc) is 2.45. The van der Waals surface area contributed by atoms with E-state index in [9.17, 15) is 0 Å². The van der Waals surface area contributed by atoms with Gasteiger partial charge in [-0.1, -0.05) is 35.7 Å². The SMILES string of the molecule is COCCOCCCC(N)C1(c2ccc(Cl)c(Cl)c2)CCC1. The summed E-state index contributed by atoms with van der Waals surface area (Å²) in [6.07, 6.45) is 5.38. The maximum Gasteiger partial charge on any atom is 0.0700 e.